The van der Waals surface area contributed by atoms with Crippen molar-refractivity contribution in [1.29, 1.82) is 0 Å². The zero-order chi connectivity index (χ0) is 12.3. The minimum Gasteiger partial charge on any atom is -0.495 e. The predicted molar refractivity (Wildman–Crippen MR) is 65.7 cm³/mol. The second kappa shape index (κ2) is 5.25. The molecular weight excluding hydrogens is 320 g/mol. The van der Waals surface area contributed by atoms with Crippen molar-refractivity contribution in [2.45, 2.75) is 5.75 Å². The number of hydrogen-bond acceptors (Lipinski definition) is 4. The fraction of sp³-hybridized carbons (Fsp3) is 0.333. The van der Waals surface area contributed by atoms with Crippen LogP contribution in [-0.4, -0.2) is 22.6 Å². The van der Waals surface area contributed by atoms with Crippen molar-refractivity contribution in [3.63, 3.8) is 0 Å². The van der Waals surface area contributed by atoms with E-state index in [1.54, 1.807) is 12.1 Å². The average molecular weight is 330 g/mol. The Morgan fingerprint density at radius 3 is 2.38 bits per heavy atom. The van der Waals surface area contributed by atoms with Crippen LogP contribution in [0.2, 0.25) is 0 Å². The second-order valence-corrected chi connectivity index (χ2v) is 6.53. The van der Waals surface area contributed by atoms with Gasteiger partial charge in [-0.15, -0.1) is 0 Å². The third kappa shape index (κ3) is 3.26. The summed E-state index contributed by atoms with van der Waals surface area (Å²) in [5, 5.41) is 0. The van der Waals surface area contributed by atoms with Crippen LogP contribution >= 0.6 is 26.6 Å². The van der Waals surface area contributed by atoms with Crippen LogP contribution in [0.4, 0.5) is 0 Å². The van der Waals surface area contributed by atoms with Gasteiger partial charge in [0.1, 0.15) is 16.0 Å². The molecule has 4 nitrogen and oxygen atoms in total. The topological polar surface area (TPSA) is 52.6 Å². The molecule has 0 aromatic heterocycles. The van der Waals surface area contributed by atoms with E-state index in [4.69, 9.17) is 20.2 Å². The van der Waals surface area contributed by atoms with Crippen molar-refractivity contribution in [3.8, 4) is 11.5 Å². The zero-order valence-corrected chi connectivity index (χ0v) is 11.8. The first kappa shape index (κ1) is 13.6. The first-order valence-corrected chi connectivity index (χ1v) is 7.48. The lowest BCUT2D eigenvalue weighted by Crippen LogP contribution is -2.00. The van der Waals surface area contributed by atoms with Crippen LogP contribution in [0, 0.1) is 0 Å². The molecule has 0 spiro atoms. The lowest BCUT2D eigenvalue weighted by molar-refractivity contribution is 0.387. The third-order valence-electron chi connectivity index (χ3n) is 1.90. The molecule has 0 unspecified atom stereocenters. The lowest BCUT2D eigenvalue weighted by atomic mass is 10.2. The van der Waals surface area contributed by atoms with E-state index in [2.05, 4.69) is 15.9 Å². The highest BCUT2D eigenvalue weighted by atomic mass is 79.9. The summed E-state index contributed by atoms with van der Waals surface area (Å²) in [6.45, 7) is 0. The van der Waals surface area contributed by atoms with Crippen molar-refractivity contribution in [2.75, 3.05) is 14.2 Å². The molecule has 0 aliphatic rings. The first-order chi connectivity index (χ1) is 7.39. The fourth-order valence-electron chi connectivity index (χ4n) is 1.26. The monoisotopic (exact) mass is 328 g/mol. The number of rotatable bonds is 4. The molecule has 0 radical (unpaired) electrons. The average Bonchev–Trinajstić information content (AvgIpc) is 2.16. The molecule has 0 saturated heterocycles. The standard InChI is InChI=1S/C9H10BrClO4S/c1-14-7-4-3-6(5-16(11,12)13)9(15-2)8(7)10/h3-4H,5H2,1-2H3. The highest BCUT2D eigenvalue weighted by molar-refractivity contribution is 9.10. The van der Waals surface area contributed by atoms with Crippen LogP contribution in [0.1, 0.15) is 5.56 Å². The molecule has 0 atom stereocenters. The van der Waals surface area contributed by atoms with Gasteiger partial charge in [-0.05, 0) is 22.0 Å². The quantitative estimate of drug-likeness (QED) is 0.797. The molecule has 0 heterocycles. The van der Waals surface area contributed by atoms with Crippen molar-refractivity contribution in [1.82, 2.24) is 0 Å². The number of halogens is 2. The molecule has 1 rings (SSSR count). The van der Waals surface area contributed by atoms with Gasteiger partial charge in [0.15, 0.2) is 0 Å². The summed E-state index contributed by atoms with van der Waals surface area (Å²) in [7, 11) is 4.54. The highest BCUT2D eigenvalue weighted by Gasteiger charge is 2.17. The summed E-state index contributed by atoms with van der Waals surface area (Å²) in [5.41, 5.74) is 0.477. The summed E-state index contributed by atoms with van der Waals surface area (Å²) in [5.74, 6) is 0.677. The summed E-state index contributed by atoms with van der Waals surface area (Å²) < 4.78 is 32.7. The van der Waals surface area contributed by atoms with E-state index in [1.807, 2.05) is 0 Å². The predicted octanol–water partition coefficient (Wildman–Crippen LogP) is 2.53. The van der Waals surface area contributed by atoms with Gasteiger partial charge in [-0.1, -0.05) is 6.07 Å². The zero-order valence-electron chi connectivity index (χ0n) is 8.66. The van der Waals surface area contributed by atoms with E-state index in [-0.39, 0.29) is 5.75 Å². The Morgan fingerprint density at radius 1 is 1.31 bits per heavy atom. The molecule has 90 valence electrons. The van der Waals surface area contributed by atoms with Gasteiger partial charge in [0.25, 0.3) is 0 Å². The normalized spacial score (nSPS) is 11.2. The highest BCUT2D eigenvalue weighted by Crippen LogP contribution is 2.38. The van der Waals surface area contributed by atoms with Crippen LogP contribution in [0.15, 0.2) is 16.6 Å². The molecule has 0 bridgehead atoms. The smallest absolute Gasteiger partial charge is 0.236 e. The van der Waals surface area contributed by atoms with Gasteiger partial charge >= 0.3 is 0 Å². The first-order valence-electron chi connectivity index (χ1n) is 4.20. The van der Waals surface area contributed by atoms with Gasteiger partial charge < -0.3 is 9.47 Å². The molecule has 1 aromatic rings. The van der Waals surface area contributed by atoms with Gasteiger partial charge in [0.05, 0.1) is 20.0 Å². The largest absolute Gasteiger partial charge is 0.495 e. The Morgan fingerprint density at radius 2 is 1.94 bits per heavy atom. The number of methoxy groups -OCH3 is 2. The molecule has 16 heavy (non-hydrogen) atoms. The van der Waals surface area contributed by atoms with Crippen LogP contribution in [0.25, 0.3) is 0 Å². The SMILES string of the molecule is COc1ccc(CS(=O)(=O)Cl)c(OC)c1Br. The Hall–Kier alpha value is -0.460. The van der Waals surface area contributed by atoms with E-state index in [1.165, 1.54) is 14.2 Å². The molecule has 0 amide bonds. The molecule has 0 aliphatic heterocycles. The van der Waals surface area contributed by atoms with E-state index < -0.39 is 9.05 Å². The van der Waals surface area contributed by atoms with Gasteiger partial charge in [0, 0.05) is 16.2 Å². The second-order valence-electron chi connectivity index (χ2n) is 2.96. The maximum Gasteiger partial charge on any atom is 0.236 e. The lowest BCUT2D eigenvalue weighted by Gasteiger charge is -2.12. The minimum atomic E-state index is -3.62. The fourth-order valence-corrected chi connectivity index (χ4v) is 2.92. The van der Waals surface area contributed by atoms with Crippen LogP contribution in [0.5, 0.6) is 11.5 Å². The molecule has 0 saturated carbocycles. The van der Waals surface area contributed by atoms with Gasteiger partial charge in [-0.3, -0.25) is 0 Å². The molecule has 0 N–H and O–H groups in total. The Labute approximate surface area is 107 Å². The van der Waals surface area contributed by atoms with E-state index >= 15 is 0 Å². The van der Waals surface area contributed by atoms with Crippen molar-refractivity contribution in [2.24, 2.45) is 0 Å². The van der Waals surface area contributed by atoms with Crippen molar-refractivity contribution < 1.29 is 17.9 Å². The van der Waals surface area contributed by atoms with Crippen LogP contribution < -0.4 is 9.47 Å². The molecule has 0 aliphatic carbocycles. The number of hydrogen-bond donors (Lipinski definition) is 0. The van der Waals surface area contributed by atoms with E-state index in [9.17, 15) is 8.42 Å². The van der Waals surface area contributed by atoms with Gasteiger partial charge in [-0.25, -0.2) is 8.42 Å². The Kier molecular flexibility index (Phi) is 4.46. The molecular formula is C9H10BrClO4S. The van der Waals surface area contributed by atoms with E-state index in [0.717, 1.165) is 0 Å². The maximum atomic E-state index is 11.0. The van der Waals surface area contributed by atoms with E-state index in [0.29, 0.717) is 21.5 Å². The summed E-state index contributed by atoms with van der Waals surface area (Å²) in [6, 6.07) is 3.24. The molecule has 7 heteroatoms. The summed E-state index contributed by atoms with van der Waals surface area (Å²) >= 11 is 3.27. The third-order valence-corrected chi connectivity index (χ3v) is 3.63. The van der Waals surface area contributed by atoms with Gasteiger partial charge in [0.2, 0.25) is 9.05 Å². The van der Waals surface area contributed by atoms with Gasteiger partial charge in [-0.2, -0.15) is 0 Å². The Balaban J connectivity index is 3.26. The van der Waals surface area contributed by atoms with Crippen LogP contribution in [-0.2, 0) is 14.8 Å². The Bertz CT molecular complexity index is 487. The summed E-state index contributed by atoms with van der Waals surface area (Å²) in [4.78, 5) is 0. The van der Waals surface area contributed by atoms with Crippen molar-refractivity contribution >= 4 is 35.7 Å². The molecule has 0 fully saturated rings. The van der Waals surface area contributed by atoms with Crippen molar-refractivity contribution in [3.05, 3.63) is 22.2 Å². The van der Waals surface area contributed by atoms with Crippen LogP contribution in [0.3, 0.4) is 0 Å². The maximum absolute atomic E-state index is 11.0. The number of ether oxygens (including phenoxy) is 2. The minimum absolute atomic E-state index is 0.291. The number of benzene rings is 1. The summed E-state index contributed by atoms with van der Waals surface area (Å²) in [6.07, 6.45) is 0. The molecule has 1 aromatic carbocycles.